The van der Waals surface area contributed by atoms with Crippen LogP contribution in [-0.4, -0.2) is 8.75 Å². The largest absolute Gasteiger partial charge is 0.192 e. The van der Waals surface area contributed by atoms with E-state index in [-0.39, 0.29) is 16.2 Å². The van der Waals surface area contributed by atoms with Crippen molar-refractivity contribution in [1.29, 1.82) is 5.26 Å². The maximum absolute atomic E-state index is 10.2. The summed E-state index contributed by atoms with van der Waals surface area (Å²) >= 11 is 5.13. The molecule has 0 unspecified atom stereocenters. The number of hydrogen-bond donors (Lipinski definition) is 0. The summed E-state index contributed by atoms with van der Waals surface area (Å²) in [5.41, 5.74) is 7.49. The van der Waals surface area contributed by atoms with Crippen LogP contribution >= 0.6 is 34.4 Å². The van der Waals surface area contributed by atoms with Crippen LogP contribution in [0, 0.1) is 11.3 Å². The van der Waals surface area contributed by atoms with E-state index in [0.29, 0.717) is 5.56 Å². The van der Waals surface area contributed by atoms with Crippen molar-refractivity contribution in [2.24, 2.45) is 0 Å². The molecule has 42 heavy (non-hydrogen) atoms. The Morgan fingerprint density at radius 3 is 1.98 bits per heavy atom. The molecule has 0 N–H and O–H groups in total. The first-order valence-corrected chi connectivity index (χ1v) is 17.5. The molecule has 0 atom stereocenters. The topological polar surface area (TPSA) is 49.6 Å². The average molecular weight is 614 g/mol. The van der Waals surface area contributed by atoms with E-state index in [9.17, 15) is 5.26 Å². The number of allylic oxidation sites excluding steroid dienone is 2. The van der Waals surface area contributed by atoms with Gasteiger partial charge in [0.05, 0.1) is 23.4 Å². The monoisotopic (exact) mass is 613 g/mol. The Hall–Kier alpha value is -2.59. The lowest BCUT2D eigenvalue weighted by atomic mass is 9.71. The third kappa shape index (κ3) is 5.45. The van der Waals surface area contributed by atoms with E-state index in [1.807, 2.05) is 22.7 Å². The van der Waals surface area contributed by atoms with Crippen molar-refractivity contribution < 1.29 is 0 Å². The van der Waals surface area contributed by atoms with Crippen LogP contribution in [-0.2, 0) is 16.2 Å². The summed E-state index contributed by atoms with van der Waals surface area (Å²) in [7, 11) is 0. The summed E-state index contributed by atoms with van der Waals surface area (Å²) in [6, 6.07) is 9.58. The van der Waals surface area contributed by atoms with Crippen LogP contribution in [0.25, 0.3) is 31.2 Å². The molecule has 3 aromatic heterocycles. The molecule has 0 aliphatic heterocycles. The van der Waals surface area contributed by atoms with E-state index in [2.05, 4.69) is 91.1 Å². The highest BCUT2D eigenvalue weighted by Crippen LogP contribution is 2.61. The molecule has 4 aromatic rings. The number of nitrogens with zero attached hydrogens (tertiary/aromatic N) is 3. The first-order valence-electron chi connectivity index (χ1n) is 15.2. The Labute approximate surface area is 264 Å². The second-order valence-electron chi connectivity index (χ2n) is 13.8. The van der Waals surface area contributed by atoms with Crippen molar-refractivity contribution in [2.45, 2.75) is 109 Å². The number of fused-ring (bicyclic) bond motifs is 4. The molecule has 220 valence electrons. The van der Waals surface area contributed by atoms with Crippen LogP contribution in [0.4, 0.5) is 0 Å². The van der Waals surface area contributed by atoms with Crippen molar-refractivity contribution in [1.82, 2.24) is 8.75 Å². The molecule has 1 aromatic carbocycles. The predicted octanol–water partition coefficient (Wildman–Crippen LogP) is 11.7. The predicted molar refractivity (Wildman–Crippen MR) is 184 cm³/mol. The fourth-order valence-corrected chi connectivity index (χ4v) is 9.86. The van der Waals surface area contributed by atoms with Crippen LogP contribution in [0.5, 0.6) is 0 Å². The van der Waals surface area contributed by atoms with Gasteiger partial charge in [-0.25, -0.2) is 0 Å². The molecule has 0 saturated carbocycles. The lowest BCUT2D eigenvalue weighted by Gasteiger charge is -2.32. The Morgan fingerprint density at radius 2 is 1.40 bits per heavy atom. The van der Waals surface area contributed by atoms with E-state index in [1.54, 1.807) is 5.56 Å². The number of hydrogen-bond acceptors (Lipinski definition) is 6. The number of aromatic nitrogens is 2. The lowest BCUT2D eigenvalue weighted by Crippen LogP contribution is -2.25. The fourth-order valence-electron chi connectivity index (χ4n) is 6.55. The minimum atomic E-state index is -0.198. The van der Waals surface area contributed by atoms with Gasteiger partial charge in [-0.1, -0.05) is 66.5 Å². The number of thiophene rings is 2. The first-order chi connectivity index (χ1) is 20.0. The first kappa shape index (κ1) is 30.9. The maximum atomic E-state index is 10.2. The molecular formula is C36H43N3S3. The molecule has 0 bridgehead atoms. The van der Waals surface area contributed by atoms with Gasteiger partial charge in [0.2, 0.25) is 0 Å². The van der Waals surface area contributed by atoms with Crippen molar-refractivity contribution >= 4 is 45.4 Å². The highest BCUT2D eigenvalue weighted by Gasteiger charge is 2.46. The number of unbranched alkanes of at least 4 members (excludes halogenated alkanes) is 4. The van der Waals surface area contributed by atoms with Gasteiger partial charge in [0, 0.05) is 36.1 Å². The molecule has 1 aliphatic carbocycles. The number of nitriles is 1. The molecule has 5 rings (SSSR count). The molecule has 0 amide bonds. The SMILES string of the molecule is C=CCCCCC1(CCCCC=C)c2cc(-c3cc(C#N)c(C(C)(C)C)c4nsnc34)sc2-c2sc(C(C)(C)C)cc21. The highest BCUT2D eigenvalue weighted by molar-refractivity contribution is 7.24. The summed E-state index contributed by atoms with van der Waals surface area (Å²) in [6.45, 7) is 21.4. The van der Waals surface area contributed by atoms with Crippen LogP contribution in [0.15, 0.2) is 43.5 Å². The number of benzene rings is 1. The van der Waals surface area contributed by atoms with Gasteiger partial charge in [0.25, 0.3) is 0 Å². The summed E-state index contributed by atoms with van der Waals surface area (Å²) in [6.07, 6.45) is 13.2. The minimum absolute atomic E-state index is 0.00457. The Kier molecular flexibility index (Phi) is 8.69. The Balaban J connectivity index is 1.72. The zero-order chi connectivity index (χ0) is 30.3. The second-order valence-corrected chi connectivity index (χ2v) is 16.4. The molecule has 3 nitrogen and oxygen atoms in total. The van der Waals surface area contributed by atoms with E-state index in [1.165, 1.54) is 62.5 Å². The van der Waals surface area contributed by atoms with Crippen molar-refractivity contribution in [3.8, 4) is 26.3 Å². The van der Waals surface area contributed by atoms with Crippen molar-refractivity contribution in [3.05, 3.63) is 70.6 Å². The Bertz CT molecular complexity index is 1640. The zero-order valence-electron chi connectivity index (χ0n) is 26.0. The maximum Gasteiger partial charge on any atom is 0.113 e. The quantitative estimate of drug-likeness (QED) is 0.125. The average Bonchev–Trinajstić information content (AvgIpc) is 3.70. The molecular weight excluding hydrogens is 571 g/mol. The van der Waals surface area contributed by atoms with Crippen molar-refractivity contribution in [2.75, 3.05) is 0 Å². The fraction of sp³-hybridized carbons (Fsp3) is 0.472. The second kappa shape index (κ2) is 11.8. The van der Waals surface area contributed by atoms with Gasteiger partial charge in [0.1, 0.15) is 11.0 Å². The van der Waals surface area contributed by atoms with E-state index >= 15 is 0 Å². The molecule has 6 heteroatoms. The van der Waals surface area contributed by atoms with Gasteiger partial charge < -0.3 is 0 Å². The molecule has 0 radical (unpaired) electrons. The van der Waals surface area contributed by atoms with E-state index in [4.69, 9.17) is 8.75 Å². The molecule has 0 fully saturated rings. The zero-order valence-corrected chi connectivity index (χ0v) is 28.5. The van der Waals surface area contributed by atoms with Crippen LogP contribution < -0.4 is 0 Å². The van der Waals surface area contributed by atoms with Crippen LogP contribution in [0.3, 0.4) is 0 Å². The summed E-state index contributed by atoms with van der Waals surface area (Å²) < 4.78 is 9.52. The van der Waals surface area contributed by atoms with Gasteiger partial charge in [-0.05, 0) is 78.7 Å². The van der Waals surface area contributed by atoms with Crippen LogP contribution in [0.2, 0.25) is 0 Å². The smallest absolute Gasteiger partial charge is 0.113 e. The number of rotatable bonds is 11. The minimum Gasteiger partial charge on any atom is -0.192 e. The van der Waals surface area contributed by atoms with E-state index < -0.39 is 0 Å². The standard InChI is InChI=1S/C36H43N3S3/c1-9-11-13-15-17-36(18-16-14-12-10-2)25-20-27(40-32(25)33-26(36)21-28(41-33)34(3,4)5)24-19-23(22-37)29(35(6,7)8)31-30(24)38-42-39-31/h9-10,19-21H,1-2,11-18H2,3-8H3. The van der Waals surface area contributed by atoms with Gasteiger partial charge in [-0.2, -0.15) is 14.0 Å². The molecule has 0 spiro atoms. The molecule has 1 aliphatic rings. The van der Waals surface area contributed by atoms with Gasteiger partial charge in [0.15, 0.2) is 0 Å². The van der Waals surface area contributed by atoms with Crippen molar-refractivity contribution in [3.63, 3.8) is 0 Å². The summed E-state index contributed by atoms with van der Waals surface area (Å²) in [5, 5.41) is 10.2. The van der Waals surface area contributed by atoms with Gasteiger partial charge in [-0.3, -0.25) is 0 Å². The summed E-state index contributed by atoms with van der Waals surface area (Å²) in [5.74, 6) is 0. The summed E-state index contributed by atoms with van der Waals surface area (Å²) in [4.78, 5) is 5.54. The van der Waals surface area contributed by atoms with E-state index in [0.717, 1.165) is 47.8 Å². The molecule has 3 heterocycles. The molecule has 0 saturated heterocycles. The van der Waals surface area contributed by atoms with Gasteiger partial charge >= 0.3 is 0 Å². The Morgan fingerprint density at radius 1 is 0.810 bits per heavy atom. The van der Waals surface area contributed by atoms with Gasteiger partial charge in [-0.15, -0.1) is 35.8 Å². The third-order valence-corrected chi connectivity index (χ3v) is 12.1. The lowest BCUT2D eigenvalue weighted by molar-refractivity contribution is 0.409. The third-order valence-electron chi connectivity index (χ3n) is 8.64. The van der Waals surface area contributed by atoms with Crippen LogP contribution in [0.1, 0.15) is 120 Å². The normalized spacial score (nSPS) is 14.1. The highest BCUT2D eigenvalue weighted by atomic mass is 32.1.